The zero-order valence-electron chi connectivity index (χ0n) is 12.8. The Bertz CT molecular complexity index is 463. The van der Waals surface area contributed by atoms with Crippen molar-refractivity contribution in [2.75, 3.05) is 11.6 Å². The predicted octanol–water partition coefficient (Wildman–Crippen LogP) is 3.50. The summed E-state index contributed by atoms with van der Waals surface area (Å²) in [6.45, 7) is 2.19. The fourth-order valence-corrected chi connectivity index (χ4v) is 3.78. The summed E-state index contributed by atoms with van der Waals surface area (Å²) in [5, 5.41) is 7.11. The van der Waals surface area contributed by atoms with Crippen molar-refractivity contribution in [3.63, 3.8) is 0 Å². The monoisotopic (exact) mass is 307 g/mol. The first-order valence-electron chi connectivity index (χ1n) is 7.53. The number of benzene rings is 1. The zero-order valence-corrected chi connectivity index (χ0v) is 13.6. The third kappa shape index (κ3) is 4.93. The van der Waals surface area contributed by atoms with E-state index in [4.69, 9.17) is 5.73 Å². The third-order valence-electron chi connectivity index (χ3n) is 4.12. The Hall–Kier alpha value is -1.20. The molecule has 2 rings (SSSR count). The molecule has 1 aromatic rings. The van der Waals surface area contributed by atoms with Gasteiger partial charge in [-0.15, -0.1) is 0 Å². The van der Waals surface area contributed by atoms with Crippen LogP contribution in [0.2, 0.25) is 0 Å². The van der Waals surface area contributed by atoms with Crippen LogP contribution in [0.15, 0.2) is 24.3 Å². The average molecular weight is 307 g/mol. The lowest BCUT2D eigenvalue weighted by Crippen LogP contribution is -2.36. The highest BCUT2D eigenvalue weighted by atomic mass is 32.2. The number of carbonyl (C=O) groups is 1. The van der Waals surface area contributed by atoms with Crippen LogP contribution >= 0.6 is 11.8 Å². The highest BCUT2D eigenvalue weighted by Crippen LogP contribution is 2.28. The van der Waals surface area contributed by atoms with E-state index in [0.29, 0.717) is 12.1 Å². The number of rotatable bonds is 5. The van der Waals surface area contributed by atoms with Crippen molar-refractivity contribution in [3.05, 3.63) is 29.8 Å². The maximum Gasteiger partial charge on any atom is 0.316 e. The molecule has 3 atom stereocenters. The lowest BCUT2D eigenvalue weighted by atomic mass is 9.93. The zero-order chi connectivity index (χ0) is 15.2. The molecular weight excluding hydrogens is 282 g/mol. The molecule has 1 saturated carbocycles. The SMILES string of the molecule is CSC1CCCC(NC(C)c2ccc(NC(N)=O)cc2)C1. The molecule has 1 aliphatic carbocycles. The molecule has 116 valence electrons. The molecule has 1 fully saturated rings. The normalized spacial score (nSPS) is 23.5. The lowest BCUT2D eigenvalue weighted by molar-refractivity contribution is 0.259. The van der Waals surface area contributed by atoms with Gasteiger partial charge in [0.2, 0.25) is 0 Å². The minimum absolute atomic E-state index is 0.318. The first-order chi connectivity index (χ1) is 10.1. The van der Waals surface area contributed by atoms with Crippen LogP contribution in [0.1, 0.15) is 44.2 Å². The molecule has 5 heteroatoms. The largest absolute Gasteiger partial charge is 0.351 e. The quantitative estimate of drug-likeness (QED) is 0.780. The van der Waals surface area contributed by atoms with Gasteiger partial charge in [0.05, 0.1) is 0 Å². The van der Waals surface area contributed by atoms with Gasteiger partial charge in [-0.1, -0.05) is 18.6 Å². The highest BCUT2D eigenvalue weighted by molar-refractivity contribution is 7.99. The van der Waals surface area contributed by atoms with Crippen LogP contribution in [0, 0.1) is 0 Å². The summed E-state index contributed by atoms with van der Waals surface area (Å²) in [7, 11) is 0. The molecule has 3 unspecified atom stereocenters. The van der Waals surface area contributed by atoms with Crippen molar-refractivity contribution in [1.29, 1.82) is 0 Å². The van der Waals surface area contributed by atoms with Crippen LogP contribution in [0.25, 0.3) is 0 Å². The summed E-state index contributed by atoms with van der Waals surface area (Å²) in [5.74, 6) is 0. The fraction of sp³-hybridized carbons (Fsp3) is 0.562. The van der Waals surface area contributed by atoms with E-state index in [1.165, 1.54) is 31.2 Å². The molecule has 2 amide bonds. The third-order valence-corrected chi connectivity index (χ3v) is 5.22. The van der Waals surface area contributed by atoms with Crippen LogP contribution in [-0.4, -0.2) is 23.6 Å². The molecule has 1 aromatic carbocycles. The Labute approximate surface area is 131 Å². The van der Waals surface area contributed by atoms with Crippen LogP contribution in [-0.2, 0) is 0 Å². The van der Waals surface area contributed by atoms with Gasteiger partial charge in [-0.25, -0.2) is 4.79 Å². The molecule has 0 radical (unpaired) electrons. The number of hydrogen-bond donors (Lipinski definition) is 3. The van der Waals surface area contributed by atoms with E-state index >= 15 is 0 Å². The van der Waals surface area contributed by atoms with E-state index in [1.807, 2.05) is 36.0 Å². The van der Waals surface area contributed by atoms with E-state index in [9.17, 15) is 4.79 Å². The molecule has 0 saturated heterocycles. The molecule has 0 bridgehead atoms. The van der Waals surface area contributed by atoms with Crippen LogP contribution < -0.4 is 16.4 Å². The highest BCUT2D eigenvalue weighted by Gasteiger charge is 2.22. The summed E-state index contributed by atoms with van der Waals surface area (Å²) >= 11 is 1.99. The van der Waals surface area contributed by atoms with E-state index in [1.54, 1.807) is 0 Å². The standard InChI is InChI=1S/C16H25N3OS/c1-11(18-14-4-3-5-15(10-14)21-2)12-6-8-13(9-7-12)19-16(17)20/h6-9,11,14-15,18H,3-5,10H2,1-2H3,(H3,17,19,20). The minimum Gasteiger partial charge on any atom is -0.351 e. The Kier molecular flexibility index (Phi) is 5.94. The first kappa shape index (κ1) is 16.2. The summed E-state index contributed by atoms with van der Waals surface area (Å²) < 4.78 is 0. The molecule has 0 aromatic heterocycles. The van der Waals surface area contributed by atoms with Gasteiger partial charge in [0.1, 0.15) is 0 Å². The summed E-state index contributed by atoms with van der Waals surface area (Å²) in [4.78, 5) is 10.8. The number of urea groups is 1. The van der Waals surface area contributed by atoms with Gasteiger partial charge in [0.25, 0.3) is 0 Å². The number of thioether (sulfide) groups is 1. The maximum atomic E-state index is 10.8. The molecule has 21 heavy (non-hydrogen) atoms. The van der Waals surface area contributed by atoms with Crippen molar-refractivity contribution in [1.82, 2.24) is 5.32 Å². The van der Waals surface area contributed by atoms with Gasteiger partial charge in [0.15, 0.2) is 0 Å². The molecular formula is C16H25N3OS. The summed E-state index contributed by atoms with van der Waals surface area (Å²) in [5.41, 5.74) is 7.08. The Morgan fingerprint density at radius 3 is 2.67 bits per heavy atom. The van der Waals surface area contributed by atoms with Crippen LogP contribution in [0.3, 0.4) is 0 Å². The number of hydrogen-bond acceptors (Lipinski definition) is 3. The molecule has 0 aliphatic heterocycles. The molecule has 0 heterocycles. The van der Waals surface area contributed by atoms with E-state index in [0.717, 1.165) is 10.9 Å². The smallest absolute Gasteiger partial charge is 0.316 e. The van der Waals surface area contributed by atoms with Gasteiger partial charge in [-0.05, 0) is 50.1 Å². The summed E-state index contributed by atoms with van der Waals surface area (Å²) in [6.07, 6.45) is 7.40. The van der Waals surface area contributed by atoms with Crippen molar-refractivity contribution in [2.24, 2.45) is 5.73 Å². The van der Waals surface area contributed by atoms with Gasteiger partial charge >= 0.3 is 6.03 Å². The van der Waals surface area contributed by atoms with Crippen molar-refractivity contribution < 1.29 is 4.79 Å². The fourth-order valence-electron chi connectivity index (χ4n) is 2.96. The van der Waals surface area contributed by atoms with Gasteiger partial charge in [-0.2, -0.15) is 11.8 Å². The van der Waals surface area contributed by atoms with Crippen molar-refractivity contribution in [3.8, 4) is 0 Å². The number of anilines is 1. The van der Waals surface area contributed by atoms with Gasteiger partial charge in [-0.3, -0.25) is 0 Å². The van der Waals surface area contributed by atoms with Gasteiger partial charge in [0, 0.05) is 23.0 Å². The Morgan fingerprint density at radius 1 is 1.33 bits per heavy atom. The molecule has 4 N–H and O–H groups in total. The molecule has 0 spiro atoms. The molecule has 4 nitrogen and oxygen atoms in total. The second kappa shape index (κ2) is 7.71. The number of primary amides is 1. The topological polar surface area (TPSA) is 67.2 Å². The van der Waals surface area contributed by atoms with Crippen LogP contribution in [0.4, 0.5) is 10.5 Å². The summed E-state index contributed by atoms with van der Waals surface area (Å²) in [6, 6.07) is 8.26. The second-order valence-electron chi connectivity index (χ2n) is 5.72. The Morgan fingerprint density at radius 2 is 2.05 bits per heavy atom. The minimum atomic E-state index is -0.528. The van der Waals surface area contributed by atoms with E-state index in [2.05, 4.69) is 23.8 Å². The van der Waals surface area contributed by atoms with Crippen molar-refractivity contribution >= 4 is 23.5 Å². The Balaban J connectivity index is 1.90. The number of amides is 2. The van der Waals surface area contributed by atoms with Gasteiger partial charge < -0.3 is 16.4 Å². The van der Waals surface area contributed by atoms with E-state index < -0.39 is 6.03 Å². The predicted molar refractivity (Wildman–Crippen MR) is 90.8 cm³/mol. The number of nitrogens with two attached hydrogens (primary N) is 1. The molecule has 1 aliphatic rings. The van der Waals surface area contributed by atoms with E-state index in [-0.39, 0.29) is 0 Å². The second-order valence-corrected chi connectivity index (χ2v) is 6.86. The number of nitrogens with one attached hydrogen (secondary N) is 2. The average Bonchev–Trinajstić information content (AvgIpc) is 2.47. The number of carbonyl (C=O) groups excluding carboxylic acids is 1. The maximum absolute atomic E-state index is 10.8. The first-order valence-corrected chi connectivity index (χ1v) is 8.82. The van der Waals surface area contributed by atoms with Crippen molar-refractivity contribution in [2.45, 2.75) is 49.9 Å². The lowest BCUT2D eigenvalue weighted by Gasteiger charge is -2.31. The van der Waals surface area contributed by atoms with Crippen LogP contribution in [0.5, 0.6) is 0 Å².